The van der Waals surface area contributed by atoms with Crippen LogP contribution in [0.3, 0.4) is 0 Å². The number of amides is 1. The first kappa shape index (κ1) is 23.8. The van der Waals surface area contributed by atoms with Crippen molar-refractivity contribution in [2.75, 3.05) is 19.6 Å². The molecule has 1 amide bonds. The molecule has 0 radical (unpaired) electrons. The van der Waals surface area contributed by atoms with Crippen molar-refractivity contribution >= 4 is 17.7 Å². The molecular weight excluding hydrogens is 430 g/mol. The molecule has 3 fully saturated rings. The lowest BCUT2D eigenvalue weighted by molar-refractivity contribution is -0.173. The molecule has 2 aliphatic carbocycles. The van der Waals surface area contributed by atoms with E-state index in [1.165, 1.54) is 6.07 Å². The maximum atomic E-state index is 13.9. The van der Waals surface area contributed by atoms with Gasteiger partial charge in [0.05, 0.1) is 11.5 Å². The summed E-state index contributed by atoms with van der Waals surface area (Å²) < 4.78 is 32.6. The molecule has 1 saturated heterocycles. The summed E-state index contributed by atoms with van der Waals surface area (Å²) in [5.41, 5.74) is 4.43. The molecule has 0 spiro atoms. The van der Waals surface area contributed by atoms with Crippen molar-refractivity contribution in [3.8, 4) is 0 Å². The third-order valence-electron chi connectivity index (χ3n) is 7.58. The number of ether oxygens (including phenoxy) is 1. The Morgan fingerprint density at radius 2 is 1.67 bits per heavy atom. The molecule has 1 aromatic carbocycles. The van der Waals surface area contributed by atoms with Crippen LogP contribution in [0.5, 0.6) is 0 Å². The maximum absolute atomic E-state index is 13.9. The van der Waals surface area contributed by atoms with Crippen molar-refractivity contribution in [2.45, 2.75) is 63.4 Å². The van der Waals surface area contributed by atoms with Gasteiger partial charge in [0.1, 0.15) is 11.6 Å². The first-order valence-corrected chi connectivity index (χ1v) is 12.0. The number of nitrogens with two attached hydrogens (primary N) is 1. The molecule has 0 aromatic heterocycles. The van der Waals surface area contributed by atoms with Gasteiger partial charge in [-0.3, -0.25) is 14.4 Å². The first-order valence-electron chi connectivity index (χ1n) is 12.0. The van der Waals surface area contributed by atoms with Crippen molar-refractivity contribution in [1.82, 2.24) is 4.90 Å². The number of benzene rings is 1. The number of nitrogens with zero attached hydrogens (tertiary/aromatic N) is 1. The van der Waals surface area contributed by atoms with E-state index in [9.17, 15) is 23.2 Å². The van der Waals surface area contributed by atoms with Crippen LogP contribution in [0.2, 0.25) is 0 Å². The number of halogens is 2. The minimum absolute atomic E-state index is 0.0302. The van der Waals surface area contributed by atoms with Gasteiger partial charge in [-0.15, -0.1) is 0 Å². The smallest absolute Gasteiger partial charge is 0.309 e. The zero-order chi connectivity index (χ0) is 23.6. The Bertz CT molecular complexity index is 902. The molecular formula is C25H32F2N2O4. The Morgan fingerprint density at radius 1 is 1.00 bits per heavy atom. The number of rotatable bonds is 8. The largest absolute Gasteiger partial charge is 0.449 e. The van der Waals surface area contributed by atoms with Crippen LogP contribution in [-0.4, -0.2) is 47.8 Å². The molecule has 4 rings (SSSR count). The highest BCUT2D eigenvalue weighted by Gasteiger charge is 2.46. The fraction of sp³-hybridized carbons (Fsp3) is 0.640. The minimum atomic E-state index is -1.15. The number of piperidine rings is 1. The summed E-state index contributed by atoms with van der Waals surface area (Å²) in [6.45, 7) is 2.41. The standard InChI is InChI=1S/C25H32F2N2O4/c26-19-3-4-20(21(27)15-19)22(30)17-8-13-29(14-9-17)12-7-16-5-10-25(11-6-16,24(28)32)33-23(31)18-1-2-18/h3-4,15-18H,1-2,5-14H2,(H2,28,32). The van der Waals surface area contributed by atoms with Gasteiger partial charge in [0.25, 0.3) is 5.91 Å². The Labute approximate surface area is 192 Å². The second-order valence-corrected chi connectivity index (χ2v) is 9.89. The van der Waals surface area contributed by atoms with Crippen LogP contribution in [0.4, 0.5) is 8.78 Å². The Hall–Kier alpha value is -2.35. The van der Waals surface area contributed by atoms with Gasteiger partial charge in [0.15, 0.2) is 11.4 Å². The highest BCUT2D eigenvalue weighted by molar-refractivity contribution is 5.98. The zero-order valence-electron chi connectivity index (χ0n) is 18.9. The number of ketones is 1. The number of likely N-dealkylation sites (tertiary alicyclic amines) is 1. The van der Waals surface area contributed by atoms with E-state index in [0.717, 1.165) is 63.9 Å². The molecule has 6 nitrogen and oxygen atoms in total. The quantitative estimate of drug-likeness (QED) is 0.471. The lowest BCUT2D eigenvalue weighted by Gasteiger charge is -2.38. The van der Waals surface area contributed by atoms with E-state index in [1.807, 2.05) is 0 Å². The summed E-state index contributed by atoms with van der Waals surface area (Å²) in [5, 5.41) is 0. The summed E-state index contributed by atoms with van der Waals surface area (Å²) in [6, 6.07) is 3.11. The molecule has 0 atom stereocenters. The molecule has 33 heavy (non-hydrogen) atoms. The molecule has 0 bridgehead atoms. The van der Waals surface area contributed by atoms with Crippen molar-refractivity contribution in [3.63, 3.8) is 0 Å². The van der Waals surface area contributed by atoms with Gasteiger partial charge in [-0.2, -0.15) is 0 Å². The van der Waals surface area contributed by atoms with E-state index in [1.54, 1.807) is 0 Å². The molecule has 1 aliphatic heterocycles. The third-order valence-corrected chi connectivity index (χ3v) is 7.58. The van der Waals surface area contributed by atoms with E-state index < -0.39 is 23.1 Å². The van der Waals surface area contributed by atoms with Crippen molar-refractivity contribution in [3.05, 3.63) is 35.4 Å². The average molecular weight is 463 g/mol. The Morgan fingerprint density at radius 3 is 2.24 bits per heavy atom. The van der Waals surface area contributed by atoms with Gasteiger partial charge in [-0.25, -0.2) is 8.78 Å². The predicted octanol–water partition coefficient (Wildman–Crippen LogP) is 3.62. The highest BCUT2D eigenvalue weighted by Crippen LogP contribution is 2.39. The monoisotopic (exact) mass is 462 g/mol. The lowest BCUT2D eigenvalue weighted by Crippen LogP contribution is -2.50. The van der Waals surface area contributed by atoms with Crippen LogP contribution in [0.25, 0.3) is 0 Å². The van der Waals surface area contributed by atoms with Gasteiger partial charge in [-0.05, 0) is 95.5 Å². The first-order chi connectivity index (χ1) is 15.8. The summed E-state index contributed by atoms with van der Waals surface area (Å²) >= 11 is 0. The van der Waals surface area contributed by atoms with Crippen LogP contribution < -0.4 is 5.73 Å². The Kier molecular flexibility index (Phi) is 7.12. The van der Waals surface area contributed by atoms with Crippen LogP contribution >= 0.6 is 0 Å². The highest BCUT2D eigenvalue weighted by atomic mass is 19.1. The van der Waals surface area contributed by atoms with E-state index in [4.69, 9.17) is 10.5 Å². The molecule has 1 heterocycles. The summed E-state index contributed by atoms with van der Waals surface area (Å²) in [7, 11) is 0. The Balaban J connectivity index is 1.21. The van der Waals surface area contributed by atoms with E-state index >= 15 is 0 Å². The lowest BCUT2D eigenvalue weighted by atomic mass is 9.77. The normalized spacial score (nSPS) is 26.7. The molecule has 8 heteroatoms. The molecule has 1 aromatic rings. The van der Waals surface area contributed by atoms with Crippen LogP contribution in [0.1, 0.15) is 68.1 Å². The number of esters is 1. The summed E-state index contributed by atoms with van der Waals surface area (Å²) in [6.07, 6.45) is 6.48. The number of hydrogen-bond acceptors (Lipinski definition) is 5. The van der Waals surface area contributed by atoms with E-state index in [-0.39, 0.29) is 29.2 Å². The minimum Gasteiger partial charge on any atom is -0.449 e. The topological polar surface area (TPSA) is 89.7 Å². The molecule has 3 aliphatic rings. The second-order valence-electron chi connectivity index (χ2n) is 9.89. The van der Waals surface area contributed by atoms with Crippen LogP contribution in [0, 0.1) is 29.4 Å². The summed E-state index contributed by atoms with van der Waals surface area (Å²) in [5.74, 6) is -2.43. The SMILES string of the molecule is NC(=O)C1(OC(=O)C2CC2)CCC(CCN2CCC(C(=O)c3ccc(F)cc3F)CC2)CC1. The molecule has 180 valence electrons. The third kappa shape index (κ3) is 5.60. The van der Waals surface area contributed by atoms with Crippen molar-refractivity contribution in [2.24, 2.45) is 23.5 Å². The fourth-order valence-electron chi connectivity index (χ4n) is 5.12. The van der Waals surface area contributed by atoms with E-state index in [0.29, 0.717) is 31.6 Å². The van der Waals surface area contributed by atoms with Crippen LogP contribution in [0.15, 0.2) is 18.2 Å². The van der Waals surface area contributed by atoms with Gasteiger partial charge in [-0.1, -0.05) is 0 Å². The number of carbonyl (C=O) groups is 3. The second kappa shape index (κ2) is 9.87. The van der Waals surface area contributed by atoms with Crippen molar-refractivity contribution in [1.29, 1.82) is 0 Å². The fourth-order valence-corrected chi connectivity index (χ4v) is 5.12. The molecule has 0 unspecified atom stereocenters. The van der Waals surface area contributed by atoms with E-state index in [2.05, 4.69) is 4.90 Å². The maximum Gasteiger partial charge on any atom is 0.309 e. The number of carbonyl (C=O) groups excluding carboxylic acids is 3. The van der Waals surface area contributed by atoms with Crippen LogP contribution in [-0.2, 0) is 14.3 Å². The molecule has 2 saturated carbocycles. The predicted molar refractivity (Wildman–Crippen MR) is 117 cm³/mol. The average Bonchev–Trinajstić information content (AvgIpc) is 3.64. The van der Waals surface area contributed by atoms with Gasteiger partial charge in [0.2, 0.25) is 0 Å². The number of primary amides is 1. The summed E-state index contributed by atoms with van der Waals surface area (Å²) in [4.78, 5) is 39.1. The van der Waals surface area contributed by atoms with Crippen molar-refractivity contribution < 1.29 is 27.9 Å². The van der Waals surface area contributed by atoms with Gasteiger partial charge < -0.3 is 15.4 Å². The van der Waals surface area contributed by atoms with Gasteiger partial charge >= 0.3 is 5.97 Å². The zero-order valence-corrected chi connectivity index (χ0v) is 18.9. The number of hydrogen-bond donors (Lipinski definition) is 1. The van der Waals surface area contributed by atoms with Gasteiger partial charge in [0, 0.05) is 12.0 Å². The number of Topliss-reactive ketones (excluding diaryl/α,β-unsaturated/α-hetero) is 1. The molecule has 2 N–H and O–H groups in total.